The van der Waals surface area contributed by atoms with E-state index >= 15 is 0 Å². The third-order valence-electron chi connectivity index (χ3n) is 3.83. The normalized spacial score (nSPS) is 28.0. The molecular weight excluding hydrogens is 228 g/mol. The third kappa shape index (κ3) is 3.07. The number of benzene rings is 1. The van der Waals surface area contributed by atoms with E-state index in [0.717, 1.165) is 24.8 Å². The maximum Gasteiger partial charge on any atom is 0.269 e. The van der Waals surface area contributed by atoms with Crippen LogP contribution in [-0.4, -0.2) is 10.5 Å². The van der Waals surface area contributed by atoms with Crippen LogP contribution in [0.3, 0.4) is 0 Å². The van der Waals surface area contributed by atoms with Gasteiger partial charge < -0.3 is 5.73 Å². The van der Waals surface area contributed by atoms with E-state index in [-0.39, 0.29) is 16.1 Å². The second-order valence-corrected chi connectivity index (χ2v) is 5.66. The van der Waals surface area contributed by atoms with Crippen molar-refractivity contribution >= 4 is 5.69 Å². The van der Waals surface area contributed by atoms with Gasteiger partial charge in [0.05, 0.1) is 4.92 Å². The lowest BCUT2D eigenvalue weighted by Crippen LogP contribution is -2.45. The van der Waals surface area contributed by atoms with Gasteiger partial charge in [0.25, 0.3) is 5.69 Å². The number of nitro benzene ring substituents is 1. The minimum Gasteiger partial charge on any atom is -0.325 e. The predicted molar refractivity (Wildman–Crippen MR) is 71.4 cm³/mol. The first-order chi connectivity index (χ1) is 8.48. The van der Waals surface area contributed by atoms with Crippen LogP contribution in [0.1, 0.15) is 38.2 Å². The van der Waals surface area contributed by atoms with Crippen molar-refractivity contribution in [3.05, 3.63) is 39.9 Å². The highest BCUT2D eigenvalue weighted by molar-refractivity contribution is 5.33. The third-order valence-corrected chi connectivity index (χ3v) is 3.83. The highest BCUT2D eigenvalue weighted by Gasteiger charge is 2.31. The zero-order valence-corrected chi connectivity index (χ0v) is 10.8. The quantitative estimate of drug-likeness (QED) is 0.660. The molecule has 0 aromatic heterocycles. The summed E-state index contributed by atoms with van der Waals surface area (Å²) in [5.41, 5.74) is 7.55. The maximum atomic E-state index is 10.6. The molecule has 1 aliphatic rings. The number of rotatable bonds is 3. The van der Waals surface area contributed by atoms with Crippen LogP contribution < -0.4 is 5.73 Å². The lowest BCUT2D eigenvalue weighted by Gasteiger charge is -2.37. The molecule has 0 amide bonds. The zero-order chi connectivity index (χ0) is 13.2. The van der Waals surface area contributed by atoms with Gasteiger partial charge in [-0.3, -0.25) is 10.1 Å². The molecule has 2 unspecified atom stereocenters. The Morgan fingerprint density at radius 2 is 2.11 bits per heavy atom. The van der Waals surface area contributed by atoms with Crippen molar-refractivity contribution < 1.29 is 4.92 Å². The van der Waals surface area contributed by atoms with Gasteiger partial charge in [-0.1, -0.05) is 31.9 Å². The molecule has 98 valence electrons. The Morgan fingerprint density at radius 1 is 1.44 bits per heavy atom. The van der Waals surface area contributed by atoms with E-state index in [1.165, 1.54) is 12.8 Å². The van der Waals surface area contributed by atoms with E-state index in [1.54, 1.807) is 12.1 Å². The van der Waals surface area contributed by atoms with Crippen LogP contribution in [0.25, 0.3) is 0 Å². The Morgan fingerprint density at radius 3 is 2.67 bits per heavy atom. The fourth-order valence-electron chi connectivity index (χ4n) is 3.00. The molecule has 1 fully saturated rings. The van der Waals surface area contributed by atoms with Crippen molar-refractivity contribution in [2.45, 2.75) is 44.6 Å². The molecule has 1 aliphatic carbocycles. The van der Waals surface area contributed by atoms with Crippen LogP contribution in [0, 0.1) is 16.0 Å². The Balaban J connectivity index is 2.06. The largest absolute Gasteiger partial charge is 0.325 e. The number of nitro groups is 1. The molecule has 0 aliphatic heterocycles. The molecule has 18 heavy (non-hydrogen) atoms. The smallest absolute Gasteiger partial charge is 0.269 e. The summed E-state index contributed by atoms with van der Waals surface area (Å²) in [5.74, 6) is 0.682. The number of nitrogens with two attached hydrogens (primary N) is 1. The van der Waals surface area contributed by atoms with Crippen molar-refractivity contribution in [3.8, 4) is 0 Å². The van der Waals surface area contributed by atoms with Crippen molar-refractivity contribution in [2.75, 3.05) is 0 Å². The molecule has 1 saturated carbocycles. The average molecular weight is 248 g/mol. The van der Waals surface area contributed by atoms with E-state index in [9.17, 15) is 10.1 Å². The predicted octanol–water partition coefficient (Wildman–Crippen LogP) is 3.04. The van der Waals surface area contributed by atoms with Crippen LogP contribution in [-0.2, 0) is 6.42 Å². The molecule has 4 heteroatoms. The fraction of sp³-hybridized carbons (Fsp3) is 0.571. The van der Waals surface area contributed by atoms with E-state index in [2.05, 4.69) is 6.92 Å². The Kier molecular flexibility index (Phi) is 3.66. The minimum atomic E-state index is -0.370. The van der Waals surface area contributed by atoms with Gasteiger partial charge in [-0.05, 0) is 30.7 Å². The minimum absolute atomic E-state index is 0.131. The van der Waals surface area contributed by atoms with E-state index in [0.29, 0.717) is 5.92 Å². The number of hydrogen-bond donors (Lipinski definition) is 1. The summed E-state index contributed by atoms with van der Waals surface area (Å²) >= 11 is 0. The lowest BCUT2D eigenvalue weighted by molar-refractivity contribution is -0.384. The highest BCUT2D eigenvalue weighted by atomic mass is 16.6. The molecule has 2 N–H and O–H groups in total. The molecule has 1 aromatic rings. The van der Waals surface area contributed by atoms with Gasteiger partial charge in [0.2, 0.25) is 0 Å². The summed E-state index contributed by atoms with van der Waals surface area (Å²) in [5, 5.41) is 10.6. The van der Waals surface area contributed by atoms with Crippen molar-refractivity contribution in [3.63, 3.8) is 0 Å². The summed E-state index contributed by atoms with van der Waals surface area (Å²) in [6.45, 7) is 2.25. The van der Waals surface area contributed by atoms with Gasteiger partial charge in [-0.2, -0.15) is 0 Å². The molecular formula is C14H20N2O2. The Bertz CT molecular complexity index is 430. The van der Waals surface area contributed by atoms with E-state index in [1.807, 2.05) is 12.1 Å². The number of hydrogen-bond acceptors (Lipinski definition) is 3. The van der Waals surface area contributed by atoms with Gasteiger partial charge in [0, 0.05) is 17.7 Å². The topological polar surface area (TPSA) is 69.2 Å². The molecule has 0 spiro atoms. The highest BCUT2D eigenvalue weighted by Crippen LogP contribution is 2.33. The van der Waals surface area contributed by atoms with Gasteiger partial charge in [0.15, 0.2) is 0 Å². The van der Waals surface area contributed by atoms with Crippen LogP contribution in [0.2, 0.25) is 0 Å². The number of non-ortho nitro benzene ring substituents is 1. The molecule has 2 rings (SSSR count). The summed E-state index contributed by atoms with van der Waals surface area (Å²) in [7, 11) is 0. The van der Waals surface area contributed by atoms with Gasteiger partial charge >= 0.3 is 0 Å². The summed E-state index contributed by atoms with van der Waals surface area (Å²) in [4.78, 5) is 10.2. The molecule has 0 heterocycles. The molecule has 0 saturated heterocycles. The zero-order valence-electron chi connectivity index (χ0n) is 10.8. The summed E-state index contributed by atoms with van der Waals surface area (Å²) in [6.07, 6.45) is 5.36. The first kappa shape index (κ1) is 13.0. The van der Waals surface area contributed by atoms with Gasteiger partial charge in [0.1, 0.15) is 0 Å². The van der Waals surface area contributed by atoms with Crippen LogP contribution in [0.4, 0.5) is 5.69 Å². The van der Waals surface area contributed by atoms with Crippen molar-refractivity contribution in [2.24, 2.45) is 11.7 Å². The second-order valence-electron chi connectivity index (χ2n) is 5.66. The molecule has 0 bridgehead atoms. The van der Waals surface area contributed by atoms with E-state index in [4.69, 9.17) is 5.73 Å². The van der Waals surface area contributed by atoms with E-state index < -0.39 is 0 Å². The maximum absolute atomic E-state index is 10.6. The average Bonchev–Trinajstić information content (AvgIpc) is 2.28. The molecule has 4 nitrogen and oxygen atoms in total. The SMILES string of the molecule is CC1CCCC(N)(Cc2ccc([N+](=O)[O-])cc2)C1. The fourth-order valence-corrected chi connectivity index (χ4v) is 3.00. The molecule has 1 aromatic carbocycles. The van der Waals surface area contributed by atoms with Crippen molar-refractivity contribution in [1.29, 1.82) is 0 Å². The standard InChI is InChI=1S/C14H20N2O2/c1-11-3-2-8-14(15,9-11)10-12-4-6-13(7-5-12)16(17)18/h4-7,11H,2-3,8-10,15H2,1H3. The second kappa shape index (κ2) is 5.06. The van der Waals surface area contributed by atoms with Gasteiger partial charge in [-0.15, -0.1) is 0 Å². The summed E-state index contributed by atoms with van der Waals surface area (Å²) in [6, 6.07) is 6.77. The van der Waals surface area contributed by atoms with Crippen LogP contribution >= 0.6 is 0 Å². The Labute approximate surface area is 107 Å². The number of nitrogens with zero attached hydrogens (tertiary/aromatic N) is 1. The Hall–Kier alpha value is -1.42. The molecule has 0 radical (unpaired) electrons. The van der Waals surface area contributed by atoms with Crippen molar-refractivity contribution in [1.82, 2.24) is 0 Å². The van der Waals surface area contributed by atoms with Crippen LogP contribution in [0.5, 0.6) is 0 Å². The van der Waals surface area contributed by atoms with Gasteiger partial charge in [-0.25, -0.2) is 0 Å². The first-order valence-electron chi connectivity index (χ1n) is 6.51. The monoisotopic (exact) mass is 248 g/mol. The lowest BCUT2D eigenvalue weighted by atomic mass is 9.74. The molecule has 2 atom stereocenters. The summed E-state index contributed by atoms with van der Waals surface area (Å²) < 4.78 is 0. The van der Waals surface area contributed by atoms with Crippen LogP contribution in [0.15, 0.2) is 24.3 Å². The first-order valence-corrected chi connectivity index (χ1v) is 6.51.